The van der Waals surface area contributed by atoms with Crippen molar-refractivity contribution in [2.24, 2.45) is 0 Å². The second-order valence-corrected chi connectivity index (χ2v) is 5.59. The zero-order valence-corrected chi connectivity index (χ0v) is 11.4. The molecule has 4 N–H and O–H groups in total. The van der Waals surface area contributed by atoms with Crippen LogP contribution in [0.2, 0.25) is 0 Å². The second-order valence-electron chi connectivity index (χ2n) is 5.59. The van der Waals surface area contributed by atoms with Crippen LogP contribution in [0.4, 0.5) is 4.79 Å². The zero-order valence-electron chi connectivity index (χ0n) is 11.4. The first-order chi connectivity index (χ1) is 8.72. The molecule has 0 saturated carbocycles. The number of aliphatic carboxylic acids is 1. The summed E-state index contributed by atoms with van der Waals surface area (Å²) < 4.78 is 5.31. The first-order valence-electron chi connectivity index (χ1n) is 6.30. The number of aliphatic hydroxyl groups is 1. The van der Waals surface area contributed by atoms with Crippen molar-refractivity contribution in [1.29, 1.82) is 0 Å². The van der Waals surface area contributed by atoms with E-state index in [4.69, 9.17) is 9.84 Å². The average molecular weight is 274 g/mol. The van der Waals surface area contributed by atoms with Crippen LogP contribution in [-0.4, -0.2) is 53.1 Å². The van der Waals surface area contributed by atoms with Gasteiger partial charge in [-0.2, -0.15) is 0 Å². The number of ether oxygens (including phenoxy) is 1. The summed E-state index contributed by atoms with van der Waals surface area (Å²) in [6.07, 6.45) is 1.28. The summed E-state index contributed by atoms with van der Waals surface area (Å²) in [7, 11) is 0. The maximum absolute atomic E-state index is 11.7. The molecule has 1 rings (SSSR count). The van der Waals surface area contributed by atoms with E-state index in [1.54, 1.807) is 0 Å². The molecule has 1 heterocycles. The monoisotopic (exact) mass is 274 g/mol. The molecule has 2 amide bonds. The first kappa shape index (κ1) is 15.7. The molecule has 2 atom stereocenters. The van der Waals surface area contributed by atoms with Crippen molar-refractivity contribution in [1.82, 2.24) is 10.6 Å². The first-order valence-corrected chi connectivity index (χ1v) is 6.30. The molecule has 0 aromatic carbocycles. The predicted molar refractivity (Wildman–Crippen MR) is 67.9 cm³/mol. The van der Waals surface area contributed by atoms with Crippen LogP contribution in [0, 0.1) is 0 Å². The van der Waals surface area contributed by atoms with Gasteiger partial charge in [-0.15, -0.1) is 0 Å². The minimum absolute atomic E-state index is 0.123. The number of nitrogens with one attached hydrogen (secondary N) is 2. The van der Waals surface area contributed by atoms with E-state index in [1.807, 2.05) is 6.92 Å². The number of urea groups is 1. The van der Waals surface area contributed by atoms with Crippen molar-refractivity contribution < 1.29 is 24.5 Å². The van der Waals surface area contributed by atoms with Crippen molar-refractivity contribution >= 4 is 12.0 Å². The van der Waals surface area contributed by atoms with E-state index in [0.29, 0.717) is 13.2 Å². The molecule has 0 spiro atoms. The van der Waals surface area contributed by atoms with E-state index in [-0.39, 0.29) is 6.54 Å². The largest absolute Gasteiger partial charge is 0.481 e. The van der Waals surface area contributed by atoms with Gasteiger partial charge in [-0.1, -0.05) is 0 Å². The lowest BCUT2D eigenvalue weighted by molar-refractivity contribution is -0.141. The van der Waals surface area contributed by atoms with Crippen LogP contribution in [0.1, 0.15) is 33.1 Å². The molecule has 2 unspecified atom stereocenters. The van der Waals surface area contributed by atoms with Gasteiger partial charge in [0.05, 0.1) is 24.2 Å². The zero-order chi connectivity index (χ0) is 14.5. The SMILES string of the molecule is CC(O)(CNC(=O)NC1(C)CCCOC1)CC(=O)O. The Morgan fingerprint density at radius 1 is 1.47 bits per heavy atom. The summed E-state index contributed by atoms with van der Waals surface area (Å²) in [6.45, 7) is 4.29. The molecular weight excluding hydrogens is 252 g/mol. The number of carbonyl (C=O) groups excluding carboxylic acids is 1. The maximum Gasteiger partial charge on any atom is 0.315 e. The highest BCUT2D eigenvalue weighted by molar-refractivity contribution is 5.75. The Morgan fingerprint density at radius 2 is 2.16 bits per heavy atom. The highest BCUT2D eigenvalue weighted by Gasteiger charge is 2.30. The molecule has 0 bridgehead atoms. The average Bonchev–Trinajstić information content (AvgIpc) is 2.25. The number of carboxylic acid groups (broad SMARTS) is 1. The van der Waals surface area contributed by atoms with Crippen molar-refractivity contribution in [3.63, 3.8) is 0 Å². The van der Waals surface area contributed by atoms with E-state index in [9.17, 15) is 14.7 Å². The molecule has 1 aliphatic rings. The number of hydrogen-bond donors (Lipinski definition) is 4. The van der Waals surface area contributed by atoms with E-state index < -0.39 is 29.6 Å². The Labute approximate surface area is 112 Å². The molecule has 0 radical (unpaired) electrons. The van der Waals surface area contributed by atoms with Gasteiger partial charge < -0.3 is 25.6 Å². The Morgan fingerprint density at radius 3 is 2.68 bits per heavy atom. The fourth-order valence-electron chi connectivity index (χ4n) is 2.01. The minimum atomic E-state index is -1.47. The van der Waals surface area contributed by atoms with Gasteiger partial charge >= 0.3 is 12.0 Å². The van der Waals surface area contributed by atoms with E-state index in [1.165, 1.54) is 6.92 Å². The number of rotatable bonds is 5. The molecule has 0 aromatic heterocycles. The smallest absolute Gasteiger partial charge is 0.315 e. The standard InChI is InChI=1S/C12H22N2O5/c1-11(4-3-5-19-8-11)14-10(17)13-7-12(2,18)6-9(15)16/h18H,3-8H2,1-2H3,(H,15,16)(H2,13,14,17). The third-order valence-electron chi connectivity index (χ3n) is 3.02. The molecule has 1 fully saturated rings. The molecule has 7 nitrogen and oxygen atoms in total. The van der Waals surface area contributed by atoms with Gasteiger partial charge in [0.2, 0.25) is 0 Å². The van der Waals surface area contributed by atoms with Gasteiger partial charge in [0.25, 0.3) is 0 Å². The Hall–Kier alpha value is -1.34. The third-order valence-corrected chi connectivity index (χ3v) is 3.02. The maximum atomic E-state index is 11.7. The van der Waals surface area contributed by atoms with Crippen molar-refractivity contribution in [2.75, 3.05) is 19.8 Å². The molecule has 1 aliphatic heterocycles. The predicted octanol–water partition coefficient (Wildman–Crippen LogP) is 0.0804. The van der Waals surface area contributed by atoms with Gasteiger partial charge in [0, 0.05) is 13.2 Å². The van der Waals surface area contributed by atoms with Crippen LogP contribution in [-0.2, 0) is 9.53 Å². The van der Waals surface area contributed by atoms with Crippen molar-refractivity contribution in [3.8, 4) is 0 Å². The van der Waals surface area contributed by atoms with Crippen LogP contribution in [0.15, 0.2) is 0 Å². The molecule has 1 saturated heterocycles. The van der Waals surface area contributed by atoms with E-state index in [0.717, 1.165) is 12.8 Å². The lowest BCUT2D eigenvalue weighted by atomic mass is 9.95. The molecule has 7 heteroatoms. The van der Waals surface area contributed by atoms with Gasteiger partial charge in [-0.05, 0) is 26.7 Å². The highest BCUT2D eigenvalue weighted by atomic mass is 16.5. The Balaban J connectivity index is 2.36. The topological polar surface area (TPSA) is 108 Å². The van der Waals surface area contributed by atoms with Crippen molar-refractivity contribution in [2.45, 2.75) is 44.2 Å². The van der Waals surface area contributed by atoms with Crippen molar-refractivity contribution in [3.05, 3.63) is 0 Å². The number of carbonyl (C=O) groups is 2. The number of carboxylic acids is 1. The molecule has 0 aliphatic carbocycles. The quantitative estimate of drug-likeness (QED) is 0.568. The minimum Gasteiger partial charge on any atom is -0.481 e. The molecule has 110 valence electrons. The number of amides is 2. The number of hydrogen-bond acceptors (Lipinski definition) is 4. The molecule has 0 aromatic rings. The van der Waals surface area contributed by atoms with Crippen LogP contribution in [0.5, 0.6) is 0 Å². The van der Waals surface area contributed by atoms with Crippen LogP contribution in [0.3, 0.4) is 0 Å². The summed E-state index contributed by atoms with van der Waals surface area (Å²) in [4.78, 5) is 22.2. The lowest BCUT2D eigenvalue weighted by Gasteiger charge is -2.34. The Bertz CT molecular complexity index is 337. The highest BCUT2D eigenvalue weighted by Crippen LogP contribution is 2.18. The van der Waals surface area contributed by atoms with Crippen LogP contribution >= 0.6 is 0 Å². The lowest BCUT2D eigenvalue weighted by Crippen LogP contribution is -2.56. The summed E-state index contributed by atoms with van der Waals surface area (Å²) in [5.74, 6) is -1.11. The fourth-order valence-corrected chi connectivity index (χ4v) is 2.01. The van der Waals surface area contributed by atoms with Gasteiger partial charge in [0.1, 0.15) is 0 Å². The van der Waals surface area contributed by atoms with Gasteiger partial charge in [-0.25, -0.2) is 4.79 Å². The summed E-state index contributed by atoms with van der Waals surface area (Å²) in [6, 6.07) is -0.432. The summed E-state index contributed by atoms with van der Waals surface area (Å²) in [5, 5.41) is 23.6. The van der Waals surface area contributed by atoms with Gasteiger partial charge in [-0.3, -0.25) is 4.79 Å². The summed E-state index contributed by atoms with van der Waals surface area (Å²) in [5.41, 5.74) is -1.88. The van der Waals surface area contributed by atoms with Crippen LogP contribution < -0.4 is 10.6 Å². The van der Waals surface area contributed by atoms with E-state index in [2.05, 4.69) is 10.6 Å². The Kier molecular flexibility index (Phi) is 5.13. The van der Waals surface area contributed by atoms with Crippen LogP contribution in [0.25, 0.3) is 0 Å². The summed E-state index contributed by atoms with van der Waals surface area (Å²) >= 11 is 0. The second kappa shape index (κ2) is 6.21. The third kappa shape index (κ3) is 5.89. The van der Waals surface area contributed by atoms with Gasteiger partial charge in [0.15, 0.2) is 0 Å². The fraction of sp³-hybridized carbons (Fsp3) is 0.833. The van der Waals surface area contributed by atoms with E-state index >= 15 is 0 Å². The molecular formula is C12H22N2O5. The normalized spacial score (nSPS) is 26.3. The molecule has 19 heavy (non-hydrogen) atoms.